The minimum absolute atomic E-state index is 0.0647. The lowest BCUT2D eigenvalue weighted by molar-refractivity contribution is -0.385. The summed E-state index contributed by atoms with van der Waals surface area (Å²) in [7, 11) is 0. The molecular formula is C11H14N2O5. The zero-order valence-electron chi connectivity index (χ0n) is 9.79. The van der Waals surface area contributed by atoms with Gasteiger partial charge in [0.15, 0.2) is 0 Å². The van der Waals surface area contributed by atoms with Gasteiger partial charge in [-0.3, -0.25) is 14.9 Å². The van der Waals surface area contributed by atoms with Crippen LogP contribution in [-0.4, -0.2) is 40.3 Å². The van der Waals surface area contributed by atoms with Crippen LogP contribution < -0.4 is 5.32 Å². The second-order valence-electron chi connectivity index (χ2n) is 3.82. The van der Waals surface area contributed by atoms with E-state index in [0.29, 0.717) is 5.56 Å². The van der Waals surface area contributed by atoms with Crippen molar-refractivity contribution in [3.05, 3.63) is 39.4 Å². The Bertz CT molecular complexity index is 461. The van der Waals surface area contributed by atoms with Crippen LogP contribution in [0.4, 0.5) is 5.69 Å². The van der Waals surface area contributed by atoms with E-state index in [1.165, 1.54) is 18.2 Å². The van der Waals surface area contributed by atoms with Crippen LogP contribution in [-0.2, 0) is 0 Å². The van der Waals surface area contributed by atoms with Gasteiger partial charge in [0.1, 0.15) is 5.56 Å². The predicted molar refractivity (Wildman–Crippen MR) is 63.3 cm³/mol. The maximum atomic E-state index is 11.7. The van der Waals surface area contributed by atoms with Crippen molar-refractivity contribution in [2.75, 3.05) is 13.2 Å². The molecule has 0 spiro atoms. The molecule has 18 heavy (non-hydrogen) atoms. The van der Waals surface area contributed by atoms with Gasteiger partial charge in [-0.25, -0.2) is 0 Å². The van der Waals surface area contributed by atoms with Crippen LogP contribution in [0.15, 0.2) is 18.2 Å². The number of nitro benzene ring substituents is 1. The fraction of sp³-hybridized carbons (Fsp3) is 0.364. The van der Waals surface area contributed by atoms with Gasteiger partial charge in [0, 0.05) is 12.6 Å². The predicted octanol–water partition coefficient (Wildman–Crippen LogP) is -0.0138. The average molecular weight is 254 g/mol. The van der Waals surface area contributed by atoms with E-state index >= 15 is 0 Å². The Kier molecular flexibility index (Phi) is 4.75. The summed E-state index contributed by atoms with van der Waals surface area (Å²) in [5.41, 5.74) is 0.357. The lowest BCUT2D eigenvalue weighted by Gasteiger charge is -2.09. The average Bonchev–Trinajstić information content (AvgIpc) is 2.34. The van der Waals surface area contributed by atoms with Gasteiger partial charge in [0.25, 0.3) is 11.6 Å². The largest absolute Gasteiger partial charge is 0.394 e. The van der Waals surface area contributed by atoms with E-state index in [0.717, 1.165) is 0 Å². The van der Waals surface area contributed by atoms with Crippen molar-refractivity contribution in [1.29, 1.82) is 0 Å². The molecular weight excluding hydrogens is 240 g/mol. The molecule has 7 heteroatoms. The molecule has 0 saturated carbocycles. The minimum Gasteiger partial charge on any atom is -0.394 e. The number of hydrogen-bond donors (Lipinski definition) is 3. The Labute approximate surface area is 103 Å². The fourth-order valence-electron chi connectivity index (χ4n) is 1.36. The van der Waals surface area contributed by atoms with Gasteiger partial charge < -0.3 is 15.5 Å². The number of nitrogens with one attached hydrogen (secondary N) is 1. The molecule has 0 bridgehead atoms. The number of carbonyl (C=O) groups excluding carboxylic acids is 1. The fourth-order valence-corrected chi connectivity index (χ4v) is 1.36. The van der Waals surface area contributed by atoms with Crippen LogP contribution in [0.1, 0.15) is 15.9 Å². The van der Waals surface area contributed by atoms with Gasteiger partial charge in [-0.1, -0.05) is 6.07 Å². The highest BCUT2D eigenvalue weighted by Crippen LogP contribution is 2.19. The Morgan fingerprint density at radius 3 is 2.78 bits per heavy atom. The minimum atomic E-state index is -1.09. The molecule has 0 aliphatic rings. The third-order valence-electron chi connectivity index (χ3n) is 2.30. The highest BCUT2D eigenvalue weighted by Gasteiger charge is 2.20. The van der Waals surface area contributed by atoms with E-state index in [9.17, 15) is 14.9 Å². The molecule has 1 rings (SSSR count). The summed E-state index contributed by atoms with van der Waals surface area (Å²) in [6.07, 6.45) is -1.09. The number of nitro groups is 1. The van der Waals surface area contributed by atoms with Crippen LogP contribution in [0.2, 0.25) is 0 Å². The van der Waals surface area contributed by atoms with Gasteiger partial charge in [-0.05, 0) is 18.6 Å². The highest BCUT2D eigenvalue weighted by atomic mass is 16.6. The number of aliphatic hydroxyl groups is 2. The van der Waals surface area contributed by atoms with Crippen molar-refractivity contribution in [2.45, 2.75) is 13.0 Å². The second kappa shape index (κ2) is 6.08. The van der Waals surface area contributed by atoms with Crippen molar-refractivity contribution in [1.82, 2.24) is 5.32 Å². The molecule has 1 atom stereocenters. The van der Waals surface area contributed by atoms with Crippen molar-refractivity contribution >= 4 is 11.6 Å². The number of hydrogen-bond acceptors (Lipinski definition) is 5. The lowest BCUT2D eigenvalue weighted by atomic mass is 10.1. The normalized spacial score (nSPS) is 11.9. The quantitative estimate of drug-likeness (QED) is 0.505. The Hall–Kier alpha value is -1.99. The summed E-state index contributed by atoms with van der Waals surface area (Å²) in [4.78, 5) is 21.9. The number of rotatable bonds is 5. The van der Waals surface area contributed by atoms with Crippen LogP contribution in [0.25, 0.3) is 0 Å². The molecule has 0 aromatic heterocycles. The molecule has 0 heterocycles. The number of amides is 1. The van der Waals surface area contributed by atoms with E-state index in [1.54, 1.807) is 6.92 Å². The highest BCUT2D eigenvalue weighted by molar-refractivity contribution is 5.98. The first kappa shape index (κ1) is 14.1. The van der Waals surface area contributed by atoms with Gasteiger partial charge >= 0.3 is 0 Å². The molecule has 0 aliphatic heterocycles. The van der Waals surface area contributed by atoms with Gasteiger partial charge in [0.2, 0.25) is 0 Å². The molecule has 1 amide bonds. The summed E-state index contributed by atoms with van der Waals surface area (Å²) in [6, 6.07) is 4.20. The monoisotopic (exact) mass is 254 g/mol. The molecule has 7 nitrogen and oxygen atoms in total. The van der Waals surface area contributed by atoms with Crippen LogP contribution in [0.5, 0.6) is 0 Å². The van der Waals surface area contributed by atoms with E-state index in [-0.39, 0.29) is 17.8 Å². The lowest BCUT2D eigenvalue weighted by Crippen LogP contribution is -2.34. The molecule has 0 fully saturated rings. The number of aliphatic hydroxyl groups excluding tert-OH is 2. The first-order chi connectivity index (χ1) is 8.45. The Morgan fingerprint density at radius 2 is 2.22 bits per heavy atom. The number of nitrogens with zero attached hydrogens (tertiary/aromatic N) is 1. The standard InChI is InChI=1S/C11H14N2O5/c1-7-2-3-10(13(17)18)9(4-7)11(16)12-5-8(15)6-14/h2-4,8,14-15H,5-6H2,1H3,(H,12,16). The van der Waals surface area contributed by atoms with E-state index < -0.39 is 23.5 Å². The molecule has 98 valence electrons. The maximum absolute atomic E-state index is 11.7. The first-order valence-corrected chi connectivity index (χ1v) is 5.28. The Morgan fingerprint density at radius 1 is 1.56 bits per heavy atom. The van der Waals surface area contributed by atoms with Gasteiger partial charge in [-0.15, -0.1) is 0 Å². The second-order valence-corrected chi connectivity index (χ2v) is 3.82. The van der Waals surface area contributed by atoms with E-state index in [1.807, 2.05) is 0 Å². The summed E-state index contributed by atoms with van der Waals surface area (Å²) in [5, 5.41) is 30.8. The molecule has 3 N–H and O–H groups in total. The van der Waals surface area contributed by atoms with E-state index in [2.05, 4.69) is 5.32 Å². The smallest absolute Gasteiger partial charge is 0.282 e. The van der Waals surface area contributed by atoms with Crippen molar-refractivity contribution < 1.29 is 19.9 Å². The van der Waals surface area contributed by atoms with Gasteiger partial charge in [0.05, 0.1) is 17.6 Å². The molecule has 0 radical (unpaired) electrons. The molecule has 1 unspecified atom stereocenters. The van der Waals surface area contributed by atoms with Crippen LogP contribution in [0, 0.1) is 17.0 Å². The summed E-state index contributed by atoms with van der Waals surface area (Å²) in [6.45, 7) is 1.06. The summed E-state index contributed by atoms with van der Waals surface area (Å²) < 4.78 is 0. The molecule has 0 aliphatic carbocycles. The molecule has 0 saturated heterocycles. The van der Waals surface area contributed by atoms with Gasteiger partial charge in [-0.2, -0.15) is 0 Å². The zero-order chi connectivity index (χ0) is 13.7. The number of carbonyl (C=O) groups is 1. The topological polar surface area (TPSA) is 113 Å². The Balaban J connectivity index is 2.90. The third kappa shape index (κ3) is 3.51. The first-order valence-electron chi connectivity index (χ1n) is 5.28. The SMILES string of the molecule is Cc1ccc([N+](=O)[O-])c(C(=O)NCC(O)CO)c1. The summed E-state index contributed by atoms with van der Waals surface area (Å²) in [5.74, 6) is -0.655. The number of aryl methyl sites for hydroxylation is 1. The maximum Gasteiger partial charge on any atom is 0.282 e. The van der Waals surface area contributed by atoms with E-state index in [4.69, 9.17) is 10.2 Å². The molecule has 1 aromatic carbocycles. The van der Waals surface area contributed by atoms with Crippen LogP contribution in [0.3, 0.4) is 0 Å². The third-order valence-corrected chi connectivity index (χ3v) is 2.30. The van der Waals surface area contributed by atoms with Crippen molar-refractivity contribution in [3.63, 3.8) is 0 Å². The van der Waals surface area contributed by atoms with Crippen molar-refractivity contribution in [2.24, 2.45) is 0 Å². The van der Waals surface area contributed by atoms with Crippen molar-refractivity contribution in [3.8, 4) is 0 Å². The molecule has 1 aromatic rings. The number of benzene rings is 1. The van der Waals surface area contributed by atoms with Crippen LogP contribution >= 0.6 is 0 Å². The zero-order valence-corrected chi connectivity index (χ0v) is 9.79. The summed E-state index contributed by atoms with van der Waals surface area (Å²) >= 11 is 0.